The molecule has 0 spiro atoms. The molecule has 1 aromatic heterocycles. The van der Waals surface area contributed by atoms with Crippen molar-refractivity contribution in [3.05, 3.63) is 28.7 Å². The molecule has 90 valence electrons. The number of nitrogen functional groups attached to an aromatic ring is 1. The molecule has 0 bridgehead atoms. The quantitative estimate of drug-likeness (QED) is 0.867. The summed E-state index contributed by atoms with van der Waals surface area (Å²) in [6.07, 6.45) is 1.54. The molecule has 0 saturated heterocycles. The number of benzene rings is 1. The van der Waals surface area contributed by atoms with Gasteiger partial charge in [-0.15, -0.1) is 0 Å². The Labute approximate surface area is 103 Å². The molecule has 0 unspecified atom stereocenters. The van der Waals surface area contributed by atoms with E-state index in [9.17, 15) is 4.39 Å². The topological polar surface area (TPSA) is 63.9 Å². The zero-order chi connectivity index (χ0) is 12.6. The highest BCUT2D eigenvalue weighted by atomic mass is 35.5. The van der Waals surface area contributed by atoms with E-state index in [0.29, 0.717) is 28.3 Å². The van der Waals surface area contributed by atoms with Gasteiger partial charge in [-0.3, -0.25) is 5.10 Å². The molecular weight excluding hydrogens is 245 g/mol. The standard InChI is InChI=1S/C11H11ClFN3O/c1-5-9(13)8(12)3-6(10(5)17-2)7-4-15-16-11(7)14/h3-4H,1-2H3,(H3,14,15,16). The molecule has 0 atom stereocenters. The number of anilines is 1. The van der Waals surface area contributed by atoms with Crippen LogP contribution in [0.5, 0.6) is 5.75 Å². The lowest BCUT2D eigenvalue weighted by atomic mass is 10.0. The first kappa shape index (κ1) is 11.7. The number of methoxy groups -OCH3 is 1. The highest BCUT2D eigenvalue weighted by molar-refractivity contribution is 6.31. The smallest absolute Gasteiger partial charge is 0.148 e. The van der Waals surface area contributed by atoms with Gasteiger partial charge >= 0.3 is 0 Å². The SMILES string of the molecule is COc1c(-c2cn[nH]c2N)cc(Cl)c(F)c1C. The molecule has 0 amide bonds. The highest BCUT2D eigenvalue weighted by Crippen LogP contribution is 2.39. The van der Waals surface area contributed by atoms with Crippen LogP contribution in [0, 0.1) is 12.7 Å². The molecule has 0 aliphatic rings. The number of nitrogens with two attached hydrogens (primary N) is 1. The highest BCUT2D eigenvalue weighted by Gasteiger charge is 2.18. The van der Waals surface area contributed by atoms with Crippen LogP contribution in [0.3, 0.4) is 0 Å². The van der Waals surface area contributed by atoms with Gasteiger partial charge in [-0.2, -0.15) is 5.10 Å². The second kappa shape index (κ2) is 4.25. The van der Waals surface area contributed by atoms with Crippen molar-refractivity contribution in [1.82, 2.24) is 10.2 Å². The third-order valence-electron chi connectivity index (χ3n) is 2.56. The zero-order valence-corrected chi connectivity index (χ0v) is 10.1. The minimum absolute atomic E-state index is 0.0268. The van der Waals surface area contributed by atoms with Crippen molar-refractivity contribution in [1.29, 1.82) is 0 Å². The number of H-pyrrole nitrogens is 1. The van der Waals surface area contributed by atoms with Gasteiger partial charge in [-0.05, 0) is 13.0 Å². The Morgan fingerprint density at radius 2 is 2.18 bits per heavy atom. The average Bonchev–Trinajstić information content (AvgIpc) is 2.72. The maximum atomic E-state index is 13.6. The van der Waals surface area contributed by atoms with E-state index in [0.717, 1.165) is 0 Å². The molecule has 2 rings (SSSR count). The number of hydrogen-bond donors (Lipinski definition) is 2. The van der Waals surface area contributed by atoms with Gasteiger partial charge in [0.25, 0.3) is 0 Å². The second-order valence-electron chi connectivity index (χ2n) is 3.58. The maximum Gasteiger partial charge on any atom is 0.148 e. The first-order valence-electron chi connectivity index (χ1n) is 4.88. The van der Waals surface area contributed by atoms with E-state index in [1.165, 1.54) is 13.2 Å². The Morgan fingerprint density at radius 1 is 1.47 bits per heavy atom. The average molecular weight is 256 g/mol. The van der Waals surface area contributed by atoms with Gasteiger partial charge in [0.1, 0.15) is 17.4 Å². The van der Waals surface area contributed by atoms with Gasteiger partial charge in [-0.25, -0.2) is 4.39 Å². The van der Waals surface area contributed by atoms with E-state index in [1.54, 1.807) is 13.1 Å². The zero-order valence-electron chi connectivity index (χ0n) is 9.34. The van der Waals surface area contributed by atoms with E-state index >= 15 is 0 Å². The van der Waals surface area contributed by atoms with Crippen molar-refractivity contribution in [3.8, 4) is 16.9 Å². The predicted molar refractivity (Wildman–Crippen MR) is 64.7 cm³/mol. The Bertz CT molecular complexity index is 568. The molecule has 0 aliphatic heterocycles. The van der Waals surface area contributed by atoms with Gasteiger partial charge in [0.15, 0.2) is 0 Å². The van der Waals surface area contributed by atoms with Gasteiger partial charge in [0.2, 0.25) is 0 Å². The number of nitrogens with one attached hydrogen (secondary N) is 1. The molecular formula is C11H11ClFN3O. The fourth-order valence-corrected chi connectivity index (χ4v) is 1.96. The summed E-state index contributed by atoms with van der Waals surface area (Å²) < 4.78 is 18.8. The summed E-state index contributed by atoms with van der Waals surface area (Å²) >= 11 is 5.82. The molecule has 6 heteroatoms. The molecule has 3 N–H and O–H groups in total. The lowest BCUT2D eigenvalue weighted by molar-refractivity contribution is 0.409. The third-order valence-corrected chi connectivity index (χ3v) is 2.83. The molecule has 4 nitrogen and oxygen atoms in total. The fraction of sp³-hybridized carbons (Fsp3) is 0.182. The first-order chi connectivity index (χ1) is 8.06. The lowest BCUT2D eigenvalue weighted by Crippen LogP contribution is -1.97. The van der Waals surface area contributed by atoms with Gasteiger partial charge in [-0.1, -0.05) is 11.6 Å². The minimum atomic E-state index is -0.491. The van der Waals surface area contributed by atoms with Crippen molar-refractivity contribution < 1.29 is 9.13 Å². The summed E-state index contributed by atoms with van der Waals surface area (Å²) in [5.74, 6) is 0.291. The normalized spacial score (nSPS) is 10.6. The van der Waals surface area contributed by atoms with E-state index in [-0.39, 0.29) is 5.02 Å². The second-order valence-corrected chi connectivity index (χ2v) is 3.98. The molecule has 0 aliphatic carbocycles. The van der Waals surface area contributed by atoms with Crippen LogP contribution in [0.15, 0.2) is 12.3 Å². The van der Waals surface area contributed by atoms with Crippen molar-refractivity contribution >= 4 is 17.4 Å². The summed E-state index contributed by atoms with van der Waals surface area (Å²) in [6, 6.07) is 1.48. The summed E-state index contributed by atoms with van der Waals surface area (Å²) in [7, 11) is 1.47. The van der Waals surface area contributed by atoms with E-state index in [2.05, 4.69) is 10.2 Å². The van der Waals surface area contributed by atoms with Gasteiger partial charge in [0.05, 0.1) is 18.3 Å². The molecule has 0 saturated carbocycles. The summed E-state index contributed by atoms with van der Waals surface area (Å²) in [4.78, 5) is 0. The Balaban J connectivity index is 2.74. The van der Waals surface area contributed by atoms with Gasteiger partial charge in [0, 0.05) is 16.7 Å². The van der Waals surface area contributed by atoms with Gasteiger partial charge < -0.3 is 10.5 Å². The number of aromatic nitrogens is 2. The molecule has 0 fully saturated rings. The molecule has 17 heavy (non-hydrogen) atoms. The lowest BCUT2D eigenvalue weighted by Gasteiger charge is -2.12. The summed E-state index contributed by atoms with van der Waals surface area (Å²) in [5.41, 5.74) is 7.31. The van der Waals surface area contributed by atoms with Crippen molar-refractivity contribution in [2.75, 3.05) is 12.8 Å². The first-order valence-corrected chi connectivity index (χ1v) is 5.25. The number of aromatic amines is 1. The number of ether oxygens (including phenoxy) is 1. The third kappa shape index (κ3) is 1.82. The largest absolute Gasteiger partial charge is 0.496 e. The molecule has 0 radical (unpaired) electrons. The van der Waals surface area contributed by atoms with Crippen LogP contribution in [-0.4, -0.2) is 17.3 Å². The Kier molecular flexibility index (Phi) is 2.93. The number of hydrogen-bond acceptors (Lipinski definition) is 3. The van der Waals surface area contributed by atoms with Crippen LogP contribution in [0.25, 0.3) is 11.1 Å². The number of rotatable bonds is 2. The Morgan fingerprint density at radius 3 is 2.71 bits per heavy atom. The van der Waals surface area contributed by atoms with Crippen LogP contribution in [-0.2, 0) is 0 Å². The van der Waals surface area contributed by atoms with Crippen LogP contribution in [0.4, 0.5) is 10.2 Å². The number of nitrogens with zero attached hydrogens (tertiary/aromatic N) is 1. The van der Waals surface area contributed by atoms with Crippen molar-refractivity contribution in [2.24, 2.45) is 0 Å². The predicted octanol–water partition coefficient (Wildman–Crippen LogP) is 2.77. The van der Waals surface area contributed by atoms with Crippen molar-refractivity contribution in [2.45, 2.75) is 6.92 Å². The summed E-state index contributed by atoms with van der Waals surface area (Å²) in [5, 5.41) is 6.45. The molecule has 1 heterocycles. The van der Waals surface area contributed by atoms with Crippen LogP contribution >= 0.6 is 11.6 Å². The summed E-state index contributed by atoms with van der Waals surface area (Å²) in [6.45, 7) is 1.60. The van der Waals surface area contributed by atoms with Crippen LogP contribution in [0.1, 0.15) is 5.56 Å². The van der Waals surface area contributed by atoms with Crippen LogP contribution < -0.4 is 10.5 Å². The monoisotopic (exact) mass is 255 g/mol. The van der Waals surface area contributed by atoms with E-state index in [1.807, 2.05) is 0 Å². The maximum absolute atomic E-state index is 13.6. The van der Waals surface area contributed by atoms with E-state index < -0.39 is 5.82 Å². The molecule has 2 aromatic rings. The Hall–Kier alpha value is -1.75. The molecule has 1 aromatic carbocycles. The minimum Gasteiger partial charge on any atom is -0.496 e. The fourth-order valence-electron chi connectivity index (χ4n) is 1.71. The van der Waals surface area contributed by atoms with Crippen LogP contribution in [0.2, 0.25) is 5.02 Å². The van der Waals surface area contributed by atoms with E-state index in [4.69, 9.17) is 22.1 Å². The van der Waals surface area contributed by atoms with Crippen molar-refractivity contribution in [3.63, 3.8) is 0 Å². The number of halogens is 2.